The van der Waals surface area contributed by atoms with E-state index < -0.39 is 0 Å². The molecule has 2 aromatic rings. The van der Waals surface area contributed by atoms with Crippen molar-refractivity contribution in [3.8, 4) is 5.75 Å². The van der Waals surface area contributed by atoms with E-state index in [4.69, 9.17) is 12.2 Å². The lowest BCUT2D eigenvalue weighted by atomic mass is 10.2. The van der Waals surface area contributed by atoms with E-state index in [-0.39, 0.29) is 5.75 Å². The van der Waals surface area contributed by atoms with Crippen molar-refractivity contribution in [1.29, 1.82) is 0 Å². The molecule has 0 amide bonds. The van der Waals surface area contributed by atoms with Gasteiger partial charge < -0.3 is 5.11 Å². The van der Waals surface area contributed by atoms with Crippen LogP contribution < -0.4 is 0 Å². The minimum absolute atomic E-state index is 0.155. The Bertz CT molecular complexity index is 510. The van der Waals surface area contributed by atoms with Crippen molar-refractivity contribution >= 4 is 28.0 Å². The highest BCUT2D eigenvalue weighted by molar-refractivity contribution is 7.80. The third-order valence-corrected chi connectivity index (χ3v) is 2.09. The quantitative estimate of drug-likeness (QED) is 0.570. The van der Waals surface area contributed by atoms with Gasteiger partial charge in [-0.25, -0.2) is 9.97 Å². The van der Waals surface area contributed by atoms with Crippen LogP contribution >= 0.6 is 12.2 Å². The van der Waals surface area contributed by atoms with Crippen LogP contribution in [0.2, 0.25) is 0 Å². The molecular weight excluding hydrogens is 196 g/mol. The summed E-state index contributed by atoms with van der Waals surface area (Å²) in [6.07, 6.45) is 1.66. The Morgan fingerprint density at radius 2 is 2.21 bits per heavy atom. The first-order valence-electron chi connectivity index (χ1n) is 4.14. The van der Waals surface area contributed by atoms with Crippen LogP contribution in [0, 0.1) is 0 Å². The number of aromatic hydroxyl groups is 1. The third kappa shape index (κ3) is 1.44. The summed E-state index contributed by atoms with van der Waals surface area (Å²) >= 11 is 4.96. The van der Waals surface area contributed by atoms with E-state index in [1.807, 2.05) is 6.07 Å². The van der Waals surface area contributed by atoms with Gasteiger partial charge in [0.25, 0.3) is 0 Å². The fourth-order valence-corrected chi connectivity index (χ4v) is 1.31. The molecule has 2 rings (SSSR count). The van der Waals surface area contributed by atoms with E-state index in [1.165, 1.54) is 0 Å². The molecule has 1 aromatic carbocycles. The van der Waals surface area contributed by atoms with E-state index in [0.29, 0.717) is 16.2 Å². The second kappa shape index (κ2) is 3.31. The van der Waals surface area contributed by atoms with Crippen molar-refractivity contribution in [2.24, 2.45) is 0 Å². The van der Waals surface area contributed by atoms with Gasteiger partial charge >= 0.3 is 0 Å². The van der Waals surface area contributed by atoms with Gasteiger partial charge in [-0.05, 0) is 13.0 Å². The Balaban J connectivity index is 2.76. The molecule has 3 nitrogen and oxygen atoms in total. The van der Waals surface area contributed by atoms with Gasteiger partial charge in [0.2, 0.25) is 0 Å². The van der Waals surface area contributed by atoms with Gasteiger partial charge in [0, 0.05) is 11.6 Å². The van der Waals surface area contributed by atoms with Crippen LogP contribution in [0.4, 0.5) is 0 Å². The normalized spacial score (nSPS) is 10.4. The fraction of sp³-hybridized carbons (Fsp3) is 0.100. The molecule has 0 aliphatic heterocycles. The number of hydrogen-bond donors (Lipinski definition) is 1. The zero-order valence-electron chi connectivity index (χ0n) is 7.56. The zero-order valence-corrected chi connectivity index (χ0v) is 8.38. The number of phenolic OH excluding ortho intramolecular Hbond substituents is 1. The maximum atomic E-state index is 9.54. The number of nitrogens with zero attached hydrogens (tertiary/aromatic N) is 2. The van der Waals surface area contributed by atoms with Gasteiger partial charge in [0.1, 0.15) is 11.3 Å². The SMILES string of the molecule is CC(=S)c1ncc2cccc(O)c2n1. The van der Waals surface area contributed by atoms with Crippen molar-refractivity contribution in [2.75, 3.05) is 0 Å². The highest BCUT2D eigenvalue weighted by atomic mass is 32.1. The number of phenols is 1. The van der Waals surface area contributed by atoms with E-state index in [1.54, 1.807) is 25.3 Å². The second-order valence-electron chi connectivity index (χ2n) is 2.96. The summed E-state index contributed by atoms with van der Waals surface area (Å²) in [6.45, 7) is 1.76. The summed E-state index contributed by atoms with van der Waals surface area (Å²) < 4.78 is 0. The van der Waals surface area contributed by atoms with Crippen molar-refractivity contribution in [3.63, 3.8) is 0 Å². The Morgan fingerprint density at radius 3 is 2.93 bits per heavy atom. The molecule has 70 valence electrons. The molecule has 0 spiro atoms. The molecule has 0 aliphatic carbocycles. The van der Waals surface area contributed by atoms with E-state index in [9.17, 15) is 5.11 Å². The summed E-state index contributed by atoms with van der Waals surface area (Å²) in [5.41, 5.74) is 0.543. The van der Waals surface area contributed by atoms with Crippen molar-refractivity contribution < 1.29 is 5.11 Å². The van der Waals surface area contributed by atoms with Crippen LogP contribution in [-0.4, -0.2) is 19.9 Å². The number of aromatic nitrogens is 2. The van der Waals surface area contributed by atoms with Crippen molar-refractivity contribution in [2.45, 2.75) is 6.92 Å². The van der Waals surface area contributed by atoms with Crippen molar-refractivity contribution in [3.05, 3.63) is 30.2 Å². The molecule has 0 unspecified atom stereocenters. The smallest absolute Gasteiger partial charge is 0.166 e. The number of fused-ring (bicyclic) bond motifs is 1. The van der Waals surface area contributed by atoms with Gasteiger partial charge in [-0.15, -0.1) is 0 Å². The van der Waals surface area contributed by atoms with E-state index in [0.717, 1.165) is 5.39 Å². The maximum Gasteiger partial charge on any atom is 0.166 e. The van der Waals surface area contributed by atoms with Crippen LogP contribution in [0.25, 0.3) is 10.9 Å². The summed E-state index contributed by atoms with van der Waals surface area (Å²) in [7, 11) is 0. The highest BCUT2D eigenvalue weighted by Crippen LogP contribution is 2.21. The molecule has 14 heavy (non-hydrogen) atoms. The van der Waals surface area contributed by atoms with E-state index >= 15 is 0 Å². The van der Waals surface area contributed by atoms with Crippen molar-refractivity contribution in [1.82, 2.24) is 9.97 Å². The monoisotopic (exact) mass is 204 g/mol. The fourth-order valence-electron chi connectivity index (χ4n) is 1.21. The summed E-state index contributed by atoms with van der Waals surface area (Å²) in [4.78, 5) is 8.88. The molecule has 1 aromatic heterocycles. The number of thiocarbonyl (C=S) groups is 1. The molecule has 0 fully saturated rings. The van der Waals surface area contributed by atoms with Crippen LogP contribution in [-0.2, 0) is 0 Å². The molecule has 0 aliphatic rings. The maximum absolute atomic E-state index is 9.54. The average molecular weight is 204 g/mol. The first kappa shape index (κ1) is 9.02. The minimum atomic E-state index is 0.155. The Morgan fingerprint density at radius 1 is 1.43 bits per heavy atom. The first-order chi connectivity index (χ1) is 6.68. The Labute approximate surface area is 86.4 Å². The lowest BCUT2D eigenvalue weighted by molar-refractivity contribution is 0.480. The largest absolute Gasteiger partial charge is 0.506 e. The van der Waals surface area contributed by atoms with Gasteiger partial charge in [0.05, 0.1) is 4.86 Å². The lowest BCUT2D eigenvalue weighted by Crippen LogP contribution is -1.99. The molecule has 0 bridgehead atoms. The number of hydrogen-bond acceptors (Lipinski definition) is 4. The highest BCUT2D eigenvalue weighted by Gasteiger charge is 2.04. The topological polar surface area (TPSA) is 46.0 Å². The molecule has 0 atom stereocenters. The lowest BCUT2D eigenvalue weighted by Gasteiger charge is -2.01. The van der Waals surface area contributed by atoms with Gasteiger partial charge in [-0.1, -0.05) is 24.4 Å². The second-order valence-corrected chi connectivity index (χ2v) is 3.58. The summed E-state index contributed by atoms with van der Waals surface area (Å²) in [6, 6.07) is 5.19. The minimum Gasteiger partial charge on any atom is -0.506 e. The van der Waals surface area contributed by atoms with Gasteiger partial charge in [-0.2, -0.15) is 0 Å². The standard InChI is InChI=1S/C10H8N2OS/c1-6(14)10-11-5-7-3-2-4-8(13)9(7)12-10/h2-5,13H,1H3. The molecule has 0 saturated carbocycles. The predicted octanol–water partition coefficient (Wildman–Crippen LogP) is 2.07. The van der Waals surface area contributed by atoms with Crippen LogP contribution in [0.15, 0.2) is 24.4 Å². The Hall–Kier alpha value is -1.55. The summed E-state index contributed by atoms with van der Waals surface area (Å²) in [5.74, 6) is 0.649. The predicted molar refractivity (Wildman–Crippen MR) is 58.6 cm³/mol. The number of rotatable bonds is 1. The molecule has 0 saturated heterocycles. The molecule has 4 heteroatoms. The van der Waals surface area contributed by atoms with Crippen LogP contribution in [0.5, 0.6) is 5.75 Å². The average Bonchev–Trinajstić information content (AvgIpc) is 2.18. The Kier molecular flexibility index (Phi) is 2.13. The number of para-hydroxylation sites is 1. The van der Waals surface area contributed by atoms with Crippen LogP contribution in [0.3, 0.4) is 0 Å². The van der Waals surface area contributed by atoms with Crippen LogP contribution in [0.1, 0.15) is 12.7 Å². The zero-order chi connectivity index (χ0) is 10.1. The van der Waals surface area contributed by atoms with Gasteiger partial charge in [-0.3, -0.25) is 0 Å². The molecule has 0 radical (unpaired) electrons. The summed E-state index contributed by atoms with van der Waals surface area (Å²) in [5, 5.41) is 10.4. The number of benzene rings is 1. The van der Waals surface area contributed by atoms with E-state index in [2.05, 4.69) is 9.97 Å². The first-order valence-corrected chi connectivity index (χ1v) is 4.55. The molecule has 1 N–H and O–H groups in total. The molecule has 1 heterocycles. The molecular formula is C10H8N2OS. The third-order valence-electron chi connectivity index (χ3n) is 1.90. The van der Waals surface area contributed by atoms with Gasteiger partial charge in [0.15, 0.2) is 5.82 Å².